The summed E-state index contributed by atoms with van der Waals surface area (Å²) in [7, 11) is 0. The number of imidazole rings is 1. The number of hydrogen-bond donors (Lipinski definition) is 1. The molecular weight excluding hydrogens is 274 g/mol. The number of nitrogens with one attached hydrogen (secondary N) is 1. The highest BCUT2D eigenvalue weighted by atomic mass is 16.2. The van der Waals surface area contributed by atoms with E-state index in [2.05, 4.69) is 46.1 Å². The van der Waals surface area contributed by atoms with Gasteiger partial charge in [-0.05, 0) is 38.2 Å². The van der Waals surface area contributed by atoms with Crippen LogP contribution >= 0.6 is 0 Å². The highest BCUT2D eigenvalue weighted by Crippen LogP contribution is 2.49. The van der Waals surface area contributed by atoms with Gasteiger partial charge in [-0.15, -0.1) is 0 Å². The summed E-state index contributed by atoms with van der Waals surface area (Å²) in [5, 5.41) is 3.13. The molecule has 0 atom stereocenters. The van der Waals surface area contributed by atoms with E-state index >= 15 is 0 Å². The van der Waals surface area contributed by atoms with Crippen molar-refractivity contribution in [2.75, 3.05) is 5.32 Å². The summed E-state index contributed by atoms with van der Waals surface area (Å²) in [5.74, 6) is 2.07. The molecule has 0 bridgehead atoms. The van der Waals surface area contributed by atoms with Gasteiger partial charge in [0, 0.05) is 13.0 Å². The number of rotatable bonds is 3. The zero-order valence-electron chi connectivity index (χ0n) is 12.9. The van der Waals surface area contributed by atoms with E-state index in [1.54, 1.807) is 0 Å². The minimum atomic E-state index is -0.326. The van der Waals surface area contributed by atoms with Crippen LogP contribution in [-0.4, -0.2) is 15.5 Å². The molecule has 4 nitrogen and oxygen atoms in total. The van der Waals surface area contributed by atoms with E-state index in [9.17, 15) is 4.79 Å². The predicted octanol–water partition coefficient (Wildman–Crippen LogP) is 3.20. The fourth-order valence-corrected chi connectivity index (χ4v) is 3.40. The number of aromatic nitrogens is 2. The molecule has 0 saturated heterocycles. The number of carbonyl (C=O) groups is 1. The molecule has 0 radical (unpaired) electrons. The van der Waals surface area contributed by atoms with Crippen molar-refractivity contribution in [3.8, 4) is 0 Å². The van der Waals surface area contributed by atoms with Gasteiger partial charge in [0.25, 0.3) is 0 Å². The first-order valence-corrected chi connectivity index (χ1v) is 8.12. The van der Waals surface area contributed by atoms with Gasteiger partial charge >= 0.3 is 0 Å². The predicted molar refractivity (Wildman–Crippen MR) is 85.9 cm³/mol. The quantitative estimate of drug-likeness (QED) is 0.945. The molecule has 1 aliphatic carbocycles. The van der Waals surface area contributed by atoms with Gasteiger partial charge in [0.2, 0.25) is 5.91 Å². The lowest BCUT2D eigenvalue weighted by Gasteiger charge is -2.19. The van der Waals surface area contributed by atoms with E-state index in [0.29, 0.717) is 0 Å². The molecule has 1 amide bonds. The Hall–Kier alpha value is -2.10. The molecule has 2 heterocycles. The van der Waals surface area contributed by atoms with Crippen LogP contribution in [0, 0.1) is 6.92 Å². The van der Waals surface area contributed by atoms with Gasteiger partial charge in [-0.1, -0.05) is 29.8 Å². The van der Waals surface area contributed by atoms with Crippen LogP contribution in [0.25, 0.3) is 0 Å². The Balaban J connectivity index is 1.57. The second kappa shape index (κ2) is 4.97. The van der Waals surface area contributed by atoms with Crippen molar-refractivity contribution < 1.29 is 4.79 Å². The SMILES string of the molecule is Cc1ccc(C2(C(=O)Nc3cnc4n3CCCC4)CC2)cc1. The lowest BCUT2D eigenvalue weighted by atomic mass is 9.94. The van der Waals surface area contributed by atoms with Crippen LogP contribution in [-0.2, 0) is 23.2 Å². The topological polar surface area (TPSA) is 46.9 Å². The Bertz CT molecular complexity index is 710. The van der Waals surface area contributed by atoms with Crippen molar-refractivity contribution in [1.29, 1.82) is 0 Å². The van der Waals surface area contributed by atoms with Gasteiger partial charge in [0.05, 0.1) is 11.6 Å². The van der Waals surface area contributed by atoms with Gasteiger partial charge in [0.1, 0.15) is 11.6 Å². The van der Waals surface area contributed by atoms with Gasteiger partial charge in [-0.3, -0.25) is 4.79 Å². The summed E-state index contributed by atoms with van der Waals surface area (Å²) in [6.45, 7) is 3.03. The Morgan fingerprint density at radius 2 is 2.00 bits per heavy atom. The summed E-state index contributed by atoms with van der Waals surface area (Å²) in [6, 6.07) is 8.36. The molecule has 114 valence electrons. The number of amides is 1. The maximum absolute atomic E-state index is 12.8. The van der Waals surface area contributed by atoms with Crippen LogP contribution in [0.15, 0.2) is 30.5 Å². The van der Waals surface area contributed by atoms with Crippen molar-refractivity contribution >= 4 is 11.7 Å². The number of hydrogen-bond acceptors (Lipinski definition) is 2. The maximum atomic E-state index is 12.8. The number of fused-ring (bicyclic) bond motifs is 1. The number of carbonyl (C=O) groups excluding carboxylic acids is 1. The number of benzene rings is 1. The summed E-state index contributed by atoms with van der Waals surface area (Å²) in [5.41, 5.74) is 2.03. The molecule has 1 N–H and O–H groups in total. The molecule has 0 unspecified atom stereocenters. The van der Waals surface area contributed by atoms with E-state index in [0.717, 1.165) is 49.4 Å². The normalized spacial score (nSPS) is 18.6. The zero-order valence-corrected chi connectivity index (χ0v) is 12.9. The van der Waals surface area contributed by atoms with Crippen LogP contribution in [0.5, 0.6) is 0 Å². The van der Waals surface area contributed by atoms with Crippen molar-refractivity contribution in [1.82, 2.24) is 9.55 Å². The first-order chi connectivity index (χ1) is 10.7. The molecule has 1 aliphatic heterocycles. The molecule has 1 saturated carbocycles. The molecule has 22 heavy (non-hydrogen) atoms. The molecule has 1 fully saturated rings. The Kier molecular flexibility index (Phi) is 3.06. The number of anilines is 1. The molecule has 2 aliphatic rings. The van der Waals surface area contributed by atoms with E-state index in [4.69, 9.17) is 0 Å². The van der Waals surface area contributed by atoms with E-state index in [-0.39, 0.29) is 11.3 Å². The smallest absolute Gasteiger partial charge is 0.236 e. The Labute approximate surface area is 130 Å². The molecule has 0 spiro atoms. The first kappa shape index (κ1) is 13.6. The largest absolute Gasteiger partial charge is 0.315 e. The van der Waals surface area contributed by atoms with Crippen molar-refractivity contribution in [2.45, 2.75) is 51.0 Å². The van der Waals surface area contributed by atoms with Gasteiger partial charge in [-0.25, -0.2) is 4.98 Å². The summed E-state index contributed by atoms with van der Waals surface area (Å²) in [6.07, 6.45) is 7.04. The van der Waals surface area contributed by atoms with Crippen LogP contribution in [0.4, 0.5) is 5.82 Å². The summed E-state index contributed by atoms with van der Waals surface area (Å²) < 4.78 is 2.16. The fraction of sp³-hybridized carbons (Fsp3) is 0.444. The van der Waals surface area contributed by atoms with Crippen molar-refractivity contribution in [2.24, 2.45) is 0 Å². The number of aryl methyl sites for hydroxylation is 2. The third-order valence-corrected chi connectivity index (χ3v) is 5.00. The molecule has 1 aromatic heterocycles. The van der Waals surface area contributed by atoms with Crippen LogP contribution in [0.2, 0.25) is 0 Å². The van der Waals surface area contributed by atoms with Gasteiger partial charge in [-0.2, -0.15) is 0 Å². The molecular formula is C18H21N3O. The van der Waals surface area contributed by atoms with Crippen LogP contribution in [0.3, 0.4) is 0 Å². The van der Waals surface area contributed by atoms with E-state index < -0.39 is 0 Å². The molecule has 4 heteroatoms. The first-order valence-electron chi connectivity index (χ1n) is 8.12. The average Bonchev–Trinajstić information content (AvgIpc) is 3.26. The van der Waals surface area contributed by atoms with Gasteiger partial charge < -0.3 is 9.88 Å². The number of nitrogens with zero attached hydrogens (tertiary/aromatic N) is 2. The minimum Gasteiger partial charge on any atom is -0.315 e. The molecule has 2 aromatic rings. The highest BCUT2D eigenvalue weighted by Gasteiger charge is 2.51. The summed E-state index contributed by atoms with van der Waals surface area (Å²) in [4.78, 5) is 17.3. The molecule has 1 aromatic carbocycles. The van der Waals surface area contributed by atoms with Crippen LogP contribution < -0.4 is 5.32 Å². The average molecular weight is 295 g/mol. The third-order valence-electron chi connectivity index (χ3n) is 5.00. The highest BCUT2D eigenvalue weighted by molar-refractivity contribution is 6.00. The Morgan fingerprint density at radius 3 is 2.73 bits per heavy atom. The van der Waals surface area contributed by atoms with Crippen molar-refractivity contribution in [3.05, 3.63) is 47.4 Å². The third kappa shape index (κ3) is 2.14. The lowest BCUT2D eigenvalue weighted by Crippen LogP contribution is -2.29. The van der Waals surface area contributed by atoms with Crippen LogP contribution in [0.1, 0.15) is 42.6 Å². The van der Waals surface area contributed by atoms with E-state index in [1.165, 1.54) is 12.0 Å². The summed E-state index contributed by atoms with van der Waals surface area (Å²) >= 11 is 0. The fourth-order valence-electron chi connectivity index (χ4n) is 3.40. The van der Waals surface area contributed by atoms with Crippen molar-refractivity contribution in [3.63, 3.8) is 0 Å². The standard InChI is InChI=1S/C18H21N3O/c1-13-5-7-14(8-6-13)18(9-10-18)17(22)20-16-12-19-15-4-2-3-11-21(15)16/h5-8,12H,2-4,9-11H2,1H3,(H,20,22). The second-order valence-corrected chi connectivity index (χ2v) is 6.57. The monoisotopic (exact) mass is 295 g/mol. The molecule has 4 rings (SSSR count). The minimum absolute atomic E-state index is 0.115. The van der Waals surface area contributed by atoms with Gasteiger partial charge in [0.15, 0.2) is 0 Å². The lowest BCUT2D eigenvalue weighted by molar-refractivity contribution is -0.118. The maximum Gasteiger partial charge on any atom is 0.236 e. The second-order valence-electron chi connectivity index (χ2n) is 6.57. The Morgan fingerprint density at radius 1 is 1.23 bits per heavy atom. The zero-order chi connectivity index (χ0) is 15.2. The van der Waals surface area contributed by atoms with E-state index in [1.807, 2.05) is 6.20 Å².